The number of hydrogen-bond donors (Lipinski definition) is 0. The summed E-state index contributed by atoms with van der Waals surface area (Å²) >= 11 is 1.84. The van der Waals surface area contributed by atoms with Gasteiger partial charge in [-0.05, 0) is 58.7 Å². The fourth-order valence-corrected chi connectivity index (χ4v) is 9.77. The first-order chi connectivity index (χ1) is 29.7. The quantitative estimate of drug-likeness (QED) is 0.169. The Balaban J connectivity index is 0.939. The summed E-state index contributed by atoms with van der Waals surface area (Å²) in [7, 11) is 0. The molecule has 12 rings (SSSR count). The van der Waals surface area contributed by atoms with Crippen molar-refractivity contribution in [3.05, 3.63) is 200 Å². The van der Waals surface area contributed by atoms with Crippen molar-refractivity contribution >= 4 is 64.4 Å². The molecule has 5 heteroatoms. The number of aromatic nitrogens is 3. The van der Waals surface area contributed by atoms with Crippen LogP contribution in [0.25, 0.3) is 120 Å². The van der Waals surface area contributed by atoms with Crippen molar-refractivity contribution in [2.75, 3.05) is 0 Å². The molecule has 0 radical (unpaired) electrons. The molecule has 4 heterocycles. The third kappa shape index (κ3) is 5.78. The molecule has 0 fully saturated rings. The first-order valence-corrected chi connectivity index (χ1v) is 20.9. The SMILES string of the molecule is c1ccc(-c2cc(-c3ccc(-c4ccc(-c5ccc6c(c5)sc5ccccc56)c5oc6ccccc6c45)cc3)nc(-c3ccc(-c4cccc5cccnc45)cc3)n2)cc1. The second-order valence-electron chi connectivity index (χ2n) is 15.1. The summed E-state index contributed by atoms with van der Waals surface area (Å²) in [5, 5.41) is 5.93. The molecule has 4 aromatic heterocycles. The van der Waals surface area contributed by atoms with Gasteiger partial charge in [0.1, 0.15) is 11.2 Å². The van der Waals surface area contributed by atoms with Crippen molar-refractivity contribution in [2.24, 2.45) is 0 Å². The second-order valence-corrected chi connectivity index (χ2v) is 16.2. The summed E-state index contributed by atoms with van der Waals surface area (Å²) in [5.41, 5.74) is 14.2. The van der Waals surface area contributed by atoms with Crippen molar-refractivity contribution in [1.29, 1.82) is 0 Å². The summed E-state index contributed by atoms with van der Waals surface area (Å²) in [6.07, 6.45) is 1.85. The number of benzene rings is 8. The van der Waals surface area contributed by atoms with Gasteiger partial charge in [0.25, 0.3) is 0 Å². The predicted octanol–water partition coefficient (Wildman–Crippen LogP) is 15.3. The first-order valence-electron chi connectivity index (χ1n) is 20.1. The average molecular weight is 784 g/mol. The summed E-state index contributed by atoms with van der Waals surface area (Å²) in [5.74, 6) is 0.675. The Kier molecular flexibility index (Phi) is 8.00. The molecule has 0 saturated heterocycles. The predicted molar refractivity (Wildman–Crippen MR) is 250 cm³/mol. The zero-order valence-electron chi connectivity index (χ0n) is 32.2. The van der Waals surface area contributed by atoms with Gasteiger partial charge in [0.2, 0.25) is 0 Å². The third-order valence-electron chi connectivity index (χ3n) is 11.6. The van der Waals surface area contributed by atoms with Gasteiger partial charge in [0.15, 0.2) is 5.82 Å². The zero-order chi connectivity index (χ0) is 39.6. The second kappa shape index (κ2) is 14.0. The van der Waals surface area contributed by atoms with Crippen LogP contribution >= 0.6 is 11.3 Å². The zero-order valence-corrected chi connectivity index (χ0v) is 33.0. The van der Waals surface area contributed by atoms with Crippen molar-refractivity contribution in [3.63, 3.8) is 0 Å². The van der Waals surface area contributed by atoms with Gasteiger partial charge in [0, 0.05) is 70.3 Å². The summed E-state index contributed by atoms with van der Waals surface area (Å²) in [6, 6.07) is 68.3. The van der Waals surface area contributed by atoms with E-state index in [-0.39, 0.29) is 0 Å². The Morgan fingerprint density at radius 2 is 1.03 bits per heavy atom. The minimum atomic E-state index is 0.675. The van der Waals surface area contributed by atoms with Crippen molar-refractivity contribution in [2.45, 2.75) is 0 Å². The fourth-order valence-electron chi connectivity index (χ4n) is 8.63. The van der Waals surface area contributed by atoms with Crippen LogP contribution in [0.5, 0.6) is 0 Å². The van der Waals surface area contributed by atoms with Crippen molar-refractivity contribution in [3.8, 4) is 67.3 Å². The van der Waals surface area contributed by atoms with Crippen LogP contribution in [0.4, 0.5) is 0 Å². The van der Waals surface area contributed by atoms with E-state index in [4.69, 9.17) is 14.4 Å². The van der Waals surface area contributed by atoms with Gasteiger partial charge in [-0.2, -0.15) is 0 Å². The van der Waals surface area contributed by atoms with Crippen molar-refractivity contribution in [1.82, 2.24) is 15.0 Å². The molecule has 0 aliphatic heterocycles. The standard InChI is InChI=1S/C55H33N3OS/c1-2-10-36(11-3-1)47-33-48(58-55(57-47)39-25-21-35(22-26-39)42-16-8-12-38-13-9-31-56-53(38)42)37-23-19-34(20-24-37)41-29-30-43(54-52(41)46-15-4-6-17-49(46)59-54)40-27-28-45-44-14-5-7-18-50(44)60-51(45)32-40/h1-33H. The number of pyridine rings is 1. The molecule has 8 aromatic carbocycles. The summed E-state index contributed by atoms with van der Waals surface area (Å²) < 4.78 is 9.29. The topological polar surface area (TPSA) is 51.8 Å². The maximum atomic E-state index is 6.71. The molecule has 0 N–H and O–H groups in total. The minimum Gasteiger partial charge on any atom is -0.455 e. The highest BCUT2D eigenvalue weighted by Crippen LogP contribution is 2.44. The van der Waals surface area contributed by atoms with E-state index in [9.17, 15) is 0 Å². The molecule has 4 nitrogen and oxygen atoms in total. The Morgan fingerprint density at radius 1 is 0.400 bits per heavy atom. The minimum absolute atomic E-state index is 0.675. The Labute approximate surface area is 349 Å². The number of nitrogens with zero attached hydrogens (tertiary/aromatic N) is 3. The van der Waals surface area contributed by atoms with Crippen LogP contribution in [0, 0.1) is 0 Å². The van der Waals surface area contributed by atoms with E-state index in [0.717, 1.165) is 94.3 Å². The maximum absolute atomic E-state index is 6.71. The Morgan fingerprint density at radius 3 is 1.87 bits per heavy atom. The lowest BCUT2D eigenvalue weighted by molar-refractivity contribution is 0.670. The van der Waals surface area contributed by atoms with Crippen LogP contribution in [0.3, 0.4) is 0 Å². The smallest absolute Gasteiger partial charge is 0.160 e. The van der Waals surface area contributed by atoms with Crippen LogP contribution in [-0.2, 0) is 0 Å². The molecule has 0 spiro atoms. The van der Waals surface area contributed by atoms with E-state index in [1.165, 1.54) is 20.2 Å². The van der Waals surface area contributed by atoms with Crippen LogP contribution in [0.2, 0.25) is 0 Å². The lowest BCUT2D eigenvalue weighted by atomic mass is 9.93. The molecule has 0 saturated carbocycles. The highest BCUT2D eigenvalue weighted by atomic mass is 32.1. The number of rotatable bonds is 6. The molecule has 0 unspecified atom stereocenters. The van der Waals surface area contributed by atoms with Crippen LogP contribution < -0.4 is 0 Å². The molecular formula is C55H33N3OS. The monoisotopic (exact) mass is 783 g/mol. The molecule has 0 aliphatic rings. The molecule has 0 atom stereocenters. The molecule has 60 heavy (non-hydrogen) atoms. The lowest BCUT2D eigenvalue weighted by Crippen LogP contribution is -1.96. The fraction of sp³-hybridized carbons (Fsp3) is 0. The van der Waals surface area contributed by atoms with Gasteiger partial charge < -0.3 is 4.42 Å². The third-order valence-corrected chi connectivity index (χ3v) is 12.7. The van der Waals surface area contributed by atoms with E-state index in [1.807, 2.05) is 47.9 Å². The molecule has 0 aliphatic carbocycles. The van der Waals surface area contributed by atoms with E-state index in [0.29, 0.717) is 5.82 Å². The number of hydrogen-bond acceptors (Lipinski definition) is 5. The molecule has 0 amide bonds. The molecule has 12 aromatic rings. The average Bonchev–Trinajstić information content (AvgIpc) is 3.90. The Hall–Kier alpha value is -7.73. The van der Waals surface area contributed by atoms with Gasteiger partial charge in [-0.25, -0.2) is 9.97 Å². The van der Waals surface area contributed by atoms with Gasteiger partial charge in [-0.15, -0.1) is 11.3 Å². The van der Waals surface area contributed by atoms with Gasteiger partial charge >= 0.3 is 0 Å². The number of para-hydroxylation sites is 2. The van der Waals surface area contributed by atoms with Crippen LogP contribution in [0.1, 0.15) is 0 Å². The van der Waals surface area contributed by atoms with Crippen LogP contribution in [-0.4, -0.2) is 15.0 Å². The van der Waals surface area contributed by atoms with Crippen molar-refractivity contribution < 1.29 is 4.42 Å². The van der Waals surface area contributed by atoms with E-state index in [2.05, 4.69) is 169 Å². The molecular weight excluding hydrogens is 751 g/mol. The van der Waals surface area contributed by atoms with Crippen LogP contribution in [0.15, 0.2) is 205 Å². The molecule has 0 bridgehead atoms. The number of fused-ring (bicyclic) bond motifs is 7. The molecule has 280 valence electrons. The maximum Gasteiger partial charge on any atom is 0.160 e. The van der Waals surface area contributed by atoms with Gasteiger partial charge in [-0.3, -0.25) is 4.98 Å². The lowest BCUT2D eigenvalue weighted by Gasteiger charge is -2.12. The van der Waals surface area contributed by atoms with E-state index in [1.54, 1.807) is 0 Å². The highest BCUT2D eigenvalue weighted by Gasteiger charge is 2.19. The number of thiophene rings is 1. The Bertz CT molecular complexity index is 3580. The largest absolute Gasteiger partial charge is 0.455 e. The van der Waals surface area contributed by atoms with E-state index >= 15 is 0 Å². The van der Waals surface area contributed by atoms with E-state index < -0.39 is 0 Å². The normalized spacial score (nSPS) is 11.7. The number of furan rings is 1. The first kappa shape index (κ1) is 34.3. The summed E-state index contributed by atoms with van der Waals surface area (Å²) in [4.78, 5) is 15.0. The van der Waals surface area contributed by atoms with Gasteiger partial charge in [-0.1, -0.05) is 158 Å². The van der Waals surface area contributed by atoms with Gasteiger partial charge in [0.05, 0.1) is 16.9 Å². The highest BCUT2D eigenvalue weighted by molar-refractivity contribution is 7.25. The summed E-state index contributed by atoms with van der Waals surface area (Å²) in [6.45, 7) is 0.